The van der Waals surface area contributed by atoms with E-state index < -0.39 is 5.97 Å². The second-order valence-electron chi connectivity index (χ2n) is 5.24. The molecule has 0 bridgehead atoms. The van der Waals surface area contributed by atoms with Gasteiger partial charge in [0.2, 0.25) is 0 Å². The topological polar surface area (TPSA) is 70.5 Å². The van der Waals surface area contributed by atoms with Crippen LogP contribution in [0.4, 0.5) is 0 Å². The van der Waals surface area contributed by atoms with Gasteiger partial charge in [-0.2, -0.15) is 0 Å². The molecule has 1 fully saturated rings. The number of carboxylic acid groups (broad SMARTS) is 1. The van der Waals surface area contributed by atoms with E-state index >= 15 is 0 Å². The van der Waals surface area contributed by atoms with Crippen molar-refractivity contribution in [2.45, 2.75) is 45.1 Å². The van der Waals surface area contributed by atoms with Gasteiger partial charge in [0.15, 0.2) is 0 Å². The summed E-state index contributed by atoms with van der Waals surface area (Å²) in [7, 11) is 0. The summed E-state index contributed by atoms with van der Waals surface area (Å²) >= 11 is 0. The first-order valence-electron chi connectivity index (χ1n) is 7.04. The molecule has 0 aliphatic carbocycles. The smallest absolute Gasteiger partial charge is 0.303 e. The Kier molecular flexibility index (Phi) is 4.71. The zero-order valence-corrected chi connectivity index (χ0v) is 11.7. The molecule has 1 atom stereocenters. The Hall–Kier alpha value is -1.91. The molecule has 0 radical (unpaired) electrons. The van der Waals surface area contributed by atoms with Crippen molar-refractivity contribution in [2.75, 3.05) is 6.54 Å². The van der Waals surface area contributed by atoms with Crippen LogP contribution in [-0.4, -0.2) is 39.5 Å². The average molecular weight is 276 g/mol. The molecular weight excluding hydrogens is 256 g/mol. The van der Waals surface area contributed by atoms with Crippen molar-refractivity contribution in [1.29, 1.82) is 0 Å². The second-order valence-corrected chi connectivity index (χ2v) is 5.24. The van der Waals surface area contributed by atoms with Crippen molar-refractivity contribution in [1.82, 2.24) is 9.88 Å². The zero-order chi connectivity index (χ0) is 14.5. The highest BCUT2D eigenvalue weighted by Crippen LogP contribution is 2.22. The van der Waals surface area contributed by atoms with E-state index in [9.17, 15) is 9.59 Å². The fourth-order valence-corrected chi connectivity index (χ4v) is 2.67. The third-order valence-corrected chi connectivity index (χ3v) is 3.69. The van der Waals surface area contributed by atoms with Crippen LogP contribution >= 0.6 is 0 Å². The Morgan fingerprint density at radius 1 is 1.40 bits per heavy atom. The number of hydrogen-bond donors (Lipinski definition) is 1. The lowest BCUT2D eigenvalue weighted by atomic mass is 9.97. The molecule has 0 spiro atoms. The van der Waals surface area contributed by atoms with Crippen LogP contribution in [0.3, 0.4) is 0 Å². The number of carboxylic acids is 1. The first kappa shape index (κ1) is 14.5. The Morgan fingerprint density at radius 3 is 2.90 bits per heavy atom. The van der Waals surface area contributed by atoms with Crippen LogP contribution < -0.4 is 0 Å². The number of likely N-dealkylation sites (tertiary alicyclic amines) is 1. The predicted octanol–water partition coefficient (Wildman–Crippen LogP) is 2.25. The van der Waals surface area contributed by atoms with Gasteiger partial charge in [-0.3, -0.25) is 9.59 Å². The molecule has 5 heteroatoms. The minimum atomic E-state index is -0.809. The van der Waals surface area contributed by atoms with Gasteiger partial charge in [0.25, 0.3) is 5.91 Å². The maximum Gasteiger partial charge on any atom is 0.303 e. The number of hydrogen-bond acceptors (Lipinski definition) is 3. The summed E-state index contributed by atoms with van der Waals surface area (Å²) in [6.07, 6.45) is 3.53. The lowest BCUT2D eigenvalue weighted by Crippen LogP contribution is -2.44. The lowest BCUT2D eigenvalue weighted by Gasteiger charge is -2.35. The van der Waals surface area contributed by atoms with Crippen molar-refractivity contribution in [3.05, 3.63) is 29.6 Å². The molecule has 1 aromatic heterocycles. The molecule has 1 aliphatic rings. The van der Waals surface area contributed by atoms with Crippen LogP contribution in [0.25, 0.3) is 0 Å². The molecule has 108 valence electrons. The van der Waals surface area contributed by atoms with Crippen LogP contribution in [0, 0.1) is 6.92 Å². The molecule has 20 heavy (non-hydrogen) atoms. The molecule has 0 saturated carbocycles. The summed E-state index contributed by atoms with van der Waals surface area (Å²) < 4.78 is 0. The van der Waals surface area contributed by atoms with Crippen molar-refractivity contribution in [3.63, 3.8) is 0 Å². The molecule has 5 nitrogen and oxygen atoms in total. The summed E-state index contributed by atoms with van der Waals surface area (Å²) in [6, 6.07) is 5.42. The number of piperidine rings is 1. The number of aliphatic carboxylic acids is 1. The Morgan fingerprint density at radius 2 is 2.20 bits per heavy atom. The third-order valence-electron chi connectivity index (χ3n) is 3.69. The first-order chi connectivity index (χ1) is 9.58. The van der Waals surface area contributed by atoms with Gasteiger partial charge in [-0.25, -0.2) is 4.98 Å². The first-order valence-corrected chi connectivity index (χ1v) is 7.04. The Bertz CT molecular complexity index is 502. The van der Waals surface area contributed by atoms with E-state index in [1.54, 1.807) is 11.0 Å². The Labute approximate surface area is 118 Å². The van der Waals surface area contributed by atoms with E-state index in [0.29, 0.717) is 18.7 Å². The average Bonchev–Trinajstić information content (AvgIpc) is 2.44. The molecule has 1 aliphatic heterocycles. The number of amides is 1. The van der Waals surface area contributed by atoms with Gasteiger partial charge in [-0.15, -0.1) is 0 Å². The third kappa shape index (κ3) is 3.56. The number of aryl methyl sites for hydroxylation is 1. The summed E-state index contributed by atoms with van der Waals surface area (Å²) in [4.78, 5) is 29.3. The quantitative estimate of drug-likeness (QED) is 0.915. The molecule has 1 saturated heterocycles. The highest BCUT2D eigenvalue weighted by Gasteiger charge is 2.28. The second kappa shape index (κ2) is 6.50. The normalized spacial score (nSPS) is 18.9. The minimum absolute atomic E-state index is 0.0228. The number of aromatic nitrogens is 1. The largest absolute Gasteiger partial charge is 0.481 e. The zero-order valence-electron chi connectivity index (χ0n) is 11.7. The molecule has 2 rings (SSSR count). The van der Waals surface area contributed by atoms with Crippen LogP contribution in [0.1, 0.15) is 48.3 Å². The number of carbonyl (C=O) groups excluding carboxylic acids is 1. The fourth-order valence-electron chi connectivity index (χ4n) is 2.67. The maximum absolute atomic E-state index is 12.5. The monoisotopic (exact) mass is 276 g/mol. The molecular formula is C15H20N2O3. The van der Waals surface area contributed by atoms with Gasteiger partial charge >= 0.3 is 5.97 Å². The molecule has 0 unspecified atom stereocenters. The molecule has 1 amide bonds. The van der Waals surface area contributed by atoms with Crippen LogP contribution in [-0.2, 0) is 4.79 Å². The van der Waals surface area contributed by atoms with Gasteiger partial charge in [-0.1, -0.05) is 6.07 Å². The number of nitrogens with zero attached hydrogens (tertiary/aromatic N) is 2. The molecule has 1 N–H and O–H groups in total. The van der Waals surface area contributed by atoms with Gasteiger partial charge in [0, 0.05) is 24.7 Å². The number of rotatable bonds is 4. The maximum atomic E-state index is 12.5. The van der Waals surface area contributed by atoms with Crippen LogP contribution in [0.2, 0.25) is 0 Å². The number of carbonyl (C=O) groups is 2. The van der Waals surface area contributed by atoms with E-state index in [2.05, 4.69) is 4.98 Å². The van der Waals surface area contributed by atoms with Crippen molar-refractivity contribution < 1.29 is 14.7 Å². The van der Waals surface area contributed by atoms with Gasteiger partial charge in [0.05, 0.1) is 0 Å². The van der Waals surface area contributed by atoms with E-state index in [4.69, 9.17) is 5.11 Å². The molecule has 0 aromatic carbocycles. The fraction of sp³-hybridized carbons (Fsp3) is 0.533. The van der Waals surface area contributed by atoms with E-state index in [1.165, 1.54) is 0 Å². The van der Waals surface area contributed by atoms with Gasteiger partial charge in [0.1, 0.15) is 5.69 Å². The SMILES string of the molecule is Cc1cccc(C(=O)N2CCCC[C@@H]2CCC(=O)O)n1. The summed E-state index contributed by atoms with van der Waals surface area (Å²) in [5.41, 5.74) is 1.27. The predicted molar refractivity (Wildman–Crippen MR) is 74.5 cm³/mol. The van der Waals surface area contributed by atoms with Crippen LogP contribution in [0.15, 0.2) is 18.2 Å². The van der Waals surface area contributed by atoms with Crippen molar-refractivity contribution in [2.24, 2.45) is 0 Å². The molecule has 2 heterocycles. The van der Waals surface area contributed by atoms with Crippen molar-refractivity contribution >= 4 is 11.9 Å². The lowest BCUT2D eigenvalue weighted by molar-refractivity contribution is -0.137. The summed E-state index contributed by atoms with van der Waals surface area (Å²) in [5, 5.41) is 8.81. The van der Waals surface area contributed by atoms with Crippen molar-refractivity contribution in [3.8, 4) is 0 Å². The number of pyridine rings is 1. The van der Waals surface area contributed by atoms with Gasteiger partial charge in [-0.05, 0) is 44.7 Å². The molecule has 1 aromatic rings. The Balaban J connectivity index is 2.10. The highest BCUT2D eigenvalue weighted by atomic mass is 16.4. The standard InChI is InChI=1S/C15H20N2O3/c1-11-5-4-7-13(16-11)15(20)17-10-3-2-6-12(17)8-9-14(18)19/h4-5,7,12H,2-3,6,8-10H2,1H3,(H,18,19)/t12-/m1/s1. The van der Waals surface area contributed by atoms with E-state index in [-0.39, 0.29) is 18.4 Å². The van der Waals surface area contributed by atoms with E-state index in [0.717, 1.165) is 25.0 Å². The minimum Gasteiger partial charge on any atom is -0.481 e. The highest BCUT2D eigenvalue weighted by molar-refractivity contribution is 5.92. The van der Waals surface area contributed by atoms with Crippen LogP contribution in [0.5, 0.6) is 0 Å². The van der Waals surface area contributed by atoms with Gasteiger partial charge < -0.3 is 10.0 Å². The summed E-state index contributed by atoms with van der Waals surface area (Å²) in [6.45, 7) is 2.55. The summed E-state index contributed by atoms with van der Waals surface area (Å²) in [5.74, 6) is -0.888. The van der Waals surface area contributed by atoms with E-state index in [1.807, 2.05) is 19.1 Å².